The van der Waals surface area contributed by atoms with E-state index in [1.807, 2.05) is 6.92 Å². The normalized spacial score (nSPS) is 19.8. The third kappa shape index (κ3) is 3.03. The Bertz CT molecular complexity index is 156. The van der Waals surface area contributed by atoms with Crippen LogP contribution in [0.2, 0.25) is 0 Å². The highest BCUT2D eigenvalue weighted by Crippen LogP contribution is 2.25. The Labute approximate surface area is 76.8 Å². The smallest absolute Gasteiger partial charge is 0.306 e. The molecule has 0 spiro atoms. The molecule has 0 radical (unpaired) electrons. The maximum Gasteiger partial charge on any atom is 0.306 e. The van der Waals surface area contributed by atoms with Gasteiger partial charge in [0, 0.05) is 5.25 Å². The van der Waals surface area contributed by atoms with E-state index in [1.54, 1.807) is 11.8 Å². The maximum absolute atomic E-state index is 10.8. The number of carbonyl (C=O) groups is 1. The molecule has 0 aromatic rings. The Kier molecular flexibility index (Phi) is 3.88. The van der Waals surface area contributed by atoms with Crippen LogP contribution < -0.4 is 0 Å². The van der Waals surface area contributed by atoms with Gasteiger partial charge in [0.1, 0.15) is 0 Å². The first kappa shape index (κ1) is 9.86. The first-order valence-corrected chi connectivity index (χ1v) is 4.96. The van der Waals surface area contributed by atoms with Crippen LogP contribution in [0.3, 0.4) is 0 Å². The minimum absolute atomic E-state index is 0.129. The minimum atomic E-state index is -0.129. The first-order valence-electron chi connectivity index (χ1n) is 4.02. The number of esters is 1. The third-order valence-corrected chi connectivity index (χ3v) is 3.00. The van der Waals surface area contributed by atoms with Crippen LogP contribution in [0.5, 0.6) is 0 Å². The Morgan fingerprint density at radius 3 is 2.83 bits per heavy atom. The number of thioether (sulfide) groups is 1. The quantitative estimate of drug-likeness (QED) is 0.621. The summed E-state index contributed by atoms with van der Waals surface area (Å²) in [5, 5.41) is 0.927. The summed E-state index contributed by atoms with van der Waals surface area (Å²) in [6.07, 6.45) is 0.498. The molecule has 4 heteroatoms. The van der Waals surface area contributed by atoms with Gasteiger partial charge in [0.2, 0.25) is 0 Å². The lowest BCUT2D eigenvalue weighted by atomic mass is 10.3. The summed E-state index contributed by atoms with van der Waals surface area (Å²) in [6.45, 7) is 3.70. The van der Waals surface area contributed by atoms with E-state index in [0.717, 1.165) is 13.2 Å². The van der Waals surface area contributed by atoms with Crippen LogP contribution in [0, 0.1) is 0 Å². The summed E-state index contributed by atoms with van der Waals surface area (Å²) in [5.74, 6) is -0.129. The van der Waals surface area contributed by atoms with Gasteiger partial charge in [-0.1, -0.05) is 6.92 Å². The maximum atomic E-state index is 10.8. The van der Waals surface area contributed by atoms with Gasteiger partial charge >= 0.3 is 5.97 Å². The largest absolute Gasteiger partial charge is 0.469 e. The summed E-state index contributed by atoms with van der Waals surface area (Å²) in [6, 6.07) is 0. The van der Waals surface area contributed by atoms with E-state index in [0.29, 0.717) is 16.9 Å². The molecule has 0 aliphatic carbocycles. The lowest BCUT2D eigenvalue weighted by Gasteiger charge is -2.27. The molecule has 1 aliphatic rings. The van der Waals surface area contributed by atoms with Gasteiger partial charge in [0.05, 0.1) is 32.0 Å². The molecule has 3 nitrogen and oxygen atoms in total. The van der Waals surface area contributed by atoms with E-state index in [4.69, 9.17) is 4.74 Å². The molecule has 0 N–H and O–H groups in total. The van der Waals surface area contributed by atoms with E-state index >= 15 is 0 Å². The topological polar surface area (TPSA) is 35.5 Å². The van der Waals surface area contributed by atoms with Crippen molar-refractivity contribution in [2.45, 2.75) is 23.8 Å². The first-order chi connectivity index (χ1) is 5.72. The van der Waals surface area contributed by atoms with Crippen LogP contribution in [-0.2, 0) is 14.3 Å². The fourth-order valence-corrected chi connectivity index (χ4v) is 2.23. The summed E-state index contributed by atoms with van der Waals surface area (Å²) in [7, 11) is 1.42. The summed E-state index contributed by atoms with van der Waals surface area (Å²) in [4.78, 5) is 10.8. The fourth-order valence-electron chi connectivity index (χ4n) is 0.987. The van der Waals surface area contributed by atoms with E-state index in [2.05, 4.69) is 4.74 Å². The van der Waals surface area contributed by atoms with Gasteiger partial charge in [-0.25, -0.2) is 0 Å². The molecule has 12 heavy (non-hydrogen) atoms. The molecule has 0 saturated carbocycles. The van der Waals surface area contributed by atoms with Crippen molar-refractivity contribution in [3.05, 3.63) is 0 Å². The molecule has 70 valence electrons. The lowest BCUT2D eigenvalue weighted by Crippen LogP contribution is -2.32. The SMILES string of the molecule is COC(=O)CC(C)SC1COC1. The fraction of sp³-hybridized carbons (Fsp3) is 0.875. The molecule has 0 aromatic carbocycles. The van der Waals surface area contributed by atoms with Gasteiger partial charge in [0.15, 0.2) is 0 Å². The molecule has 0 aromatic heterocycles. The van der Waals surface area contributed by atoms with Gasteiger partial charge in [-0.15, -0.1) is 0 Å². The molecule has 1 saturated heterocycles. The van der Waals surface area contributed by atoms with E-state index < -0.39 is 0 Å². The second-order valence-electron chi connectivity index (χ2n) is 2.89. The zero-order valence-corrected chi connectivity index (χ0v) is 8.23. The third-order valence-electron chi connectivity index (χ3n) is 1.71. The number of methoxy groups -OCH3 is 1. The Morgan fingerprint density at radius 1 is 1.75 bits per heavy atom. The number of carbonyl (C=O) groups excluding carboxylic acids is 1. The second kappa shape index (κ2) is 4.72. The molecule has 1 unspecified atom stereocenters. The number of hydrogen-bond donors (Lipinski definition) is 0. The second-order valence-corrected chi connectivity index (χ2v) is 4.63. The van der Waals surface area contributed by atoms with Crippen molar-refractivity contribution in [3.8, 4) is 0 Å². The number of rotatable bonds is 4. The van der Waals surface area contributed by atoms with Crippen LogP contribution in [-0.4, -0.2) is 36.8 Å². The van der Waals surface area contributed by atoms with E-state index in [-0.39, 0.29) is 5.97 Å². The van der Waals surface area contributed by atoms with Crippen molar-refractivity contribution in [2.75, 3.05) is 20.3 Å². The average Bonchev–Trinajstić information content (AvgIpc) is 1.97. The van der Waals surface area contributed by atoms with Gasteiger partial charge in [0.25, 0.3) is 0 Å². The molecule has 1 atom stereocenters. The van der Waals surface area contributed by atoms with Gasteiger partial charge < -0.3 is 9.47 Å². The van der Waals surface area contributed by atoms with Crippen molar-refractivity contribution in [2.24, 2.45) is 0 Å². The van der Waals surface area contributed by atoms with Gasteiger partial charge in [-0.05, 0) is 0 Å². The van der Waals surface area contributed by atoms with Crippen LogP contribution in [0.1, 0.15) is 13.3 Å². The summed E-state index contributed by atoms with van der Waals surface area (Å²) < 4.78 is 9.60. The van der Waals surface area contributed by atoms with Crippen molar-refractivity contribution < 1.29 is 14.3 Å². The molecule has 1 fully saturated rings. The highest BCUT2D eigenvalue weighted by molar-refractivity contribution is 8.00. The molecular weight excluding hydrogens is 176 g/mol. The van der Waals surface area contributed by atoms with Crippen molar-refractivity contribution in [1.82, 2.24) is 0 Å². The Balaban J connectivity index is 2.10. The monoisotopic (exact) mass is 190 g/mol. The Morgan fingerprint density at radius 2 is 2.42 bits per heavy atom. The average molecular weight is 190 g/mol. The highest BCUT2D eigenvalue weighted by atomic mass is 32.2. The predicted molar refractivity (Wildman–Crippen MR) is 48.3 cm³/mol. The van der Waals surface area contributed by atoms with Crippen LogP contribution in [0.15, 0.2) is 0 Å². The minimum Gasteiger partial charge on any atom is -0.469 e. The van der Waals surface area contributed by atoms with Crippen molar-refractivity contribution in [3.63, 3.8) is 0 Å². The number of hydrogen-bond acceptors (Lipinski definition) is 4. The lowest BCUT2D eigenvalue weighted by molar-refractivity contribution is -0.140. The number of ether oxygens (including phenoxy) is 2. The van der Waals surface area contributed by atoms with Crippen LogP contribution in [0.4, 0.5) is 0 Å². The molecule has 0 amide bonds. The van der Waals surface area contributed by atoms with Gasteiger partial charge in [-0.2, -0.15) is 11.8 Å². The Hall–Kier alpha value is -0.220. The standard InChI is InChI=1S/C8H14O3S/c1-6(3-8(9)10-2)12-7-4-11-5-7/h6-7H,3-5H2,1-2H3. The van der Waals surface area contributed by atoms with Gasteiger partial charge in [-0.3, -0.25) is 4.79 Å². The van der Waals surface area contributed by atoms with Crippen molar-refractivity contribution >= 4 is 17.7 Å². The highest BCUT2D eigenvalue weighted by Gasteiger charge is 2.22. The zero-order chi connectivity index (χ0) is 8.97. The molecule has 1 aliphatic heterocycles. The zero-order valence-electron chi connectivity index (χ0n) is 7.41. The van der Waals surface area contributed by atoms with E-state index in [9.17, 15) is 4.79 Å². The molecule has 0 bridgehead atoms. The summed E-state index contributed by atoms with van der Waals surface area (Å²) >= 11 is 1.80. The molecule has 1 rings (SSSR count). The van der Waals surface area contributed by atoms with Crippen molar-refractivity contribution in [1.29, 1.82) is 0 Å². The summed E-state index contributed by atoms with van der Waals surface area (Å²) in [5.41, 5.74) is 0. The van der Waals surface area contributed by atoms with Crippen LogP contribution >= 0.6 is 11.8 Å². The van der Waals surface area contributed by atoms with Crippen LogP contribution in [0.25, 0.3) is 0 Å². The molecular formula is C8H14O3S. The molecule has 1 heterocycles. The van der Waals surface area contributed by atoms with E-state index in [1.165, 1.54) is 7.11 Å². The predicted octanol–water partition coefficient (Wildman–Crippen LogP) is 1.07.